The molecule has 0 radical (unpaired) electrons. The number of hydrogen-bond donors (Lipinski definition) is 1. The van der Waals surface area contributed by atoms with E-state index in [4.69, 9.17) is 5.73 Å². The second-order valence-corrected chi connectivity index (χ2v) is 5.87. The van der Waals surface area contributed by atoms with Gasteiger partial charge in [-0.05, 0) is 32.7 Å². The van der Waals surface area contributed by atoms with Crippen LogP contribution in [0.2, 0.25) is 0 Å². The third kappa shape index (κ3) is 3.01. The topological polar surface area (TPSA) is 32.5 Å². The number of unbranched alkanes of at least 4 members (excludes halogenated alkanes) is 1. The van der Waals surface area contributed by atoms with Crippen LogP contribution in [0.5, 0.6) is 0 Å². The minimum absolute atomic E-state index is 0.628. The molecule has 3 nitrogen and oxygen atoms in total. The summed E-state index contributed by atoms with van der Waals surface area (Å²) in [6, 6.07) is 2.26. The van der Waals surface area contributed by atoms with Gasteiger partial charge in [0.1, 0.15) is 0 Å². The number of nitrogens with two attached hydrogens (primary N) is 1. The van der Waals surface area contributed by atoms with E-state index in [1.54, 1.807) is 0 Å². The fraction of sp³-hybridized carbons (Fsp3) is 1.00. The number of rotatable bonds is 5. The fourth-order valence-electron chi connectivity index (χ4n) is 3.56. The maximum absolute atomic E-state index is 5.97. The summed E-state index contributed by atoms with van der Waals surface area (Å²) in [5.41, 5.74) is 5.97. The maximum atomic E-state index is 5.97. The van der Waals surface area contributed by atoms with E-state index in [1.165, 1.54) is 51.6 Å². The van der Waals surface area contributed by atoms with Gasteiger partial charge in [-0.3, -0.25) is 9.80 Å². The molecule has 2 saturated heterocycles. The van der Waals surface area contributed by atoms with Crippen LogP contribution in [0.25, 0.3) is 0 Å². The van der Waals surface area contributed by atoms with Crippen LogP contribution in [0.15, 0.2) is 0 Å². The molecule has 0 aromatic rings. The zero-order valence-corrected chi connectivity index (χ0v) is 11.6. The first-order chi connectivity index (χ1) is 8.26. The SMILES string of the molecule is CCCCC(CN)N1CCC2CCC(C1)N2C. The molecule has 3 unspecified atom stereocenters. The van der Waals surface area contributed by atoms with Gasteiger partial charge in [0.15, 0.2) is 0 Å². The second-order valence-electron chi connectivity index (χ2n) is 5.87. The second kappa shape index (κ2) is 6.17. The Balaban J connectivity index is 1.92. The van der Waals surface area contributed by atoms with Gasteiger partial charge >= 0.3 is 0 Å². The molecule has 2 rings (SSSR count). The van der Waals surface area contributed by atoms with Gasteiger partial charge in [0.25, 0.3) is 0 Å². The van der Waals surface area contributed by atoms with Crippen LogP contribution in [0.4, 0.5) is 0 Å². The van der Waals surface area contributed by atoms with Gasteiger partial charge < -0.3 is 5.73 Å². The summed E-state index contributed by atoms with van der Waals surface area (Å²) >= 11 is 0. The van der Waals surface area contributed by atoms with E-state index >= 15 is 0 Å². The molecular weight excluding hydrogens is 210 g/mol. The van der Waals surface area contributed by atoms with E-state index in [2.05, 4.69) is 23.8 Å². The molecule has 17 heavy (non-hydrogen) atoms. The molecule has 100 valence electrons. The van der Waals surface area contributed by atoms with Crippen LogP contribution in [0.3, 0.4) is 0 Å². The zero-order chi connectivity index (χ0) is 12.3. The highest BCUT2D eigenvalue weighted by Crippen LogP contribution is 2.29. The third-order valence-corrected chi connectivity index (χ3v) is 4.86. The molecule has 3 atom stereocenters. The van der Waals surface area contributed by atoms with E-state index in [9.17, 15) is 0 Å². The lowest BCUT2D eigenvalue weighted by molar-refractivity contribution is 0.165. The Hall–Kier alpha value is -0.120. The Labute approximate surface area is 106 Å². The summed E-state index contributed by atoms with van der Waals surface area (Å²) in [6.07, 6.45) is 8.04. The molecule has 0 amide bonds. The molecule has 2 aliphatic rings. The van der Waals surface area contributed by atoms with Crippen molar-refractivity contribution in [2.75, 3.05) is 26.7 Å². The molecule has 3 heteroatoms. The average Bonchev–Trinajstić information content (AvgIpc) is 2.56. The largest absolute Gasteiger partial charge is 0.329 e. The molecule has 2 aliphatic heterocycles. The van der Waals surface area contributed by atoms with Gasteiger partial charge in [-0.25, -0.2) is 0 Å². The summed E-state index contributed by atoms with van der Waals surface area (Å²) in [5.74, 6) is 0. The molecular formula is C14H29N3. The number of hydrogen-bond acceptors (Lipinski definition) is 3. The average molecular weight is 239 g/mol. The van der Waals surface area contributed by atoms with E-state index < -0.39 is 0 Å². The molecule has 2 N–H and O–H groups in total. The minimum Gasteiger partial charge on any atom is -0.329 e. The van der Waals surface area contributed by atoms with Crippen molar-refractivity contribution in [3.8, 4) is 0 Å². The fourth-order valence-corrected chi connectivity index (χ4v) is 3.56. The van der Waals surface area contributed by atoms with Crippen LogP contribution in [-0.2, 0) is 0 Å². The summed E-state index contributed by atoms with van der Waals surface area (Å²) in [5, 5.41) is 0. The lowest BCUT2D eigenvalue weighted by Crippen LogP contribution is -2.45. The number of nitrogens with zero attached hydrogens (tertiary/aromatic N) is 2. The van der Waals surface area contributed by atoms with Gasteiger partial charge in [-0.2, -0.15) is 0 Å². The highest BCUT2D eigenvalue weighted by Gasteiger charge is 2.35. The Bertz CT molecular complexity index is 232. The zero-order valence-electron chi connectivity index (χ0n) is 11.6. The van der Waals surface area contributed by atoms with E-state index in [-0.39, 0.29) is 0 Å². The third-order valence-electron chi connectivity index (χ3n) is 4.86. The molecule has 2 heterocycles. The van der Waals surface area contributed by atoms with Gasteiger partial charge in [-0.1, -0.05) is 19.8 Å². The quantitative estimate of drug-likeness (QED) is 0.792. The van der Waals surface area contributed by atoms with Gasteiger partial charge in [-0.15, -0.1) is 0 Å². The molecule has 0 saturated carbocycles. The number of fused-ring (bicyclic) bond motifs is 2. The van der Waals surface area contributed by atoms with Crippen molar-refractivity contribution in [3.05, 3.63) is 0 Å². The predicted octanol–water partition coefficient (Wildman–Crippen LogP) is 1.67. The van der Waals surface area contributed by atoms with Crippen molar-refractivity contribution in [2.45, 2.75) is 63.6 Å². The molecule has 0 aliphatic carbocycles. The van der Waals surface area contributed by atoms with Crippen molar-refractivity contribution in [2.24, 2.45) is 5.73 Å². The molecule has 2 bridgehead atoms. The van der Waals surface area contributed by atoms with Crippen LogP contribution >= 0.6 is 0 Å². The minimum atomic E-state index is 0.628. The Morgan fingerprint density at radius 2 is 2.00 bits per heavy atom. The first kappa shape index (κ1) is 13.3. The monoisotopic (exact) mass is 239 g/mol. The van der Waals surface area contributed by atoms with Gasteiger partial charge in [0.05, 0.1) is 0 Å². The van der Waals surface area contributed by atoms with E-state index in [0.717, 1.165) is 18.6 Å². The van der Waals surface area contributed by atoms with E-state index in [1.807, 2.05) is 0 Å². The molecule has 2 fully saturated rings. The Morgan fingerprint density at radius 3 is 2.71 bits per heavy atom. The molecule has 0 spiro atoms. The normalized spacial score (nSPS) is 32.6. The van der Waals surface area contributed by atoms with Gasteiger partial charge in [0, 0.05) is 37.8 Å². The summed E-state index contributed by atoms with van der Waals surface area (Å²) in [6.45, 7) is 5.61. The van der Waals surface area contributed by atoms with Crippen molar-refractivity contribution < 1.29 is 0 Å². The van der Waals surface area contributed by atoms with Crippen LogP contribution in [-0.4, -0.2) is 54.6 Å². The number of likely N-dealkylation sites (N-methyl/N-ethyl adjacent to an activating group) is 1. The summed E-state index contributed by atoms with van der Waals surface area (Å²) < 4.78 is 0. The highest BCUT2D eigenvalue weighted by molar-refractivity contribution is 4.92. The predicted molar refractivity (Wildman–Crippen MR) is 73.1 cm³/mol. The van der Waals surface area contributed by atoms with E-state index in [0.29, 0.717) is 6.04 Å². The lowest BCUT2D eigenvalue weighted by Gasteiger charge is -2.32. The Morgan fingerprint density at radius 1 is 1.24 bits per heavy atom. The molecule has 0 aromatic carbocycles. The van der Waals surface area contributed by atoms with Crippen LogP contribution in [0, 0.1) is 0 Å². The van der Waals surface area contributed by atoms with Crippen LogP contribution < -0.4 is 5.73 Å². The molecule has 0 aromatic heterocycles. The maximum Gasteiger partial charge on any atom is 0.0223 e. The first-order valence-electron chi connectivity index (χ1n) is 7.42. The van der Waals surface area contributed by atoms with Crippen LogP contribution in [0.1, 0.15) is 45.4 Å². The standard InChI is InChI=1S/C14H29N3/c1-3-4-5-13(10-15)17-9-8-12-6-7-14(11-17)16(12)2/h12-14H,3-11,15H2,1-2H3. The van der Waals surface area contributed by atoms with Gasteiger partial charge in [0.2, 0.25) is 0 Å². The lowest BCUT2D eigenvalue weighted by atomic mass is 10.0. The first-order valence-corrected chi connectivity index (χ1v) is 7.42. The van der Waals surface area contributed by atoms with Crippen molar-refractivity contribution >= 4 is 0 Å². The van der Waals surface area contributed by atoms with Crippen molar-refractivity contribution in [3.63, 3.8) is 0 Å². The summed E-state index contributed by atoms with van der Waals surface area (Å²) in [7, 11) is 2.31. The number of likely N-dealkylation sites (tertiary alicyclic amines) is 1. The smallest absolute Gasteiger partial charge is 0.0223 e. The highest BCUT2D eigenvalue weighted by atomic mass is 15.3. The van der Waals surface area contributed by atoms with Crippen molar-refractivity contribution in [1.82, 2.24) is 9.80 Å². The summed E-state index contributed by atoms with van der Waals surface area (Å²) in [4.78, 5) is 5.30. The van der Waals surface area contributed by atoms with Crippen molar-refractivity contribution in [1.29, 1.82) is 0 Å². The Kier molecular flexibility index (Phi) is 4.83.